The summed E-state index contributed by atoms with van der Waals surface area (Å²) in [6.45, 7) is 0.342. The Morgan fingerprint density at radius 1 is 0.714 bits per heavy atom. The molecule has 4 aromatic rings. The summed E-state index contributed by atoms with van der Waals surface area (Å²) in [6, 6.07) is 30.6. The number of carbonyl (C=O) groups is 2. The van der Waals surface area contributed by atoms with Gasteiger partial charge in [0.15, 0.2) is 18.1 Å². The number of benzene rings is 4. The van der Waals surface area contributed by atoms with Crippen LogP contribution in [0.15, 0.2) is 103 Å². The number of nitrogens with one attached hydrogen (secondary N) is 1. The van der Waals surface area contributed by atoms with Gasteiger partial charge in [-0.15, -0.1) is 0 Å². The van der Waals surface area contributed by atoms with Crippen molar-refractivity contribution < 1.29 is 28.5 Å². The van der Waals surface area contributed by atoms with Gasteiger partial charge < -0.3 is 29.2 Å². The van der Waals surface area contributed by atoms with Gasteiger partial charge in [0.2, 0.25) is 5.91 Å². The second-order valence-corrected chi connectivity index (χ2v) is 9.52. The smallest absolute Gasteiger partial charge is 0.261 e. The molecule has 218 valence electrons. The lowest BCUT2D eigenvalue weighted by atomic mass is 10.0. The molecule has 0 saturated carbocycles. The monoisotopic (exact) mass is 568 g/mol. The van der Waals surface area contributed by atoms with Gasteiger partial charge in [-0.2, -0.15) is 0 Å². The van der Waals surface area contributed by atoms with E-state index >= 15 is 0 Å². The quantitative estimate of drug-likeness (QED) is 0.225. The molecule has 0 radical (unpaired) electrons. The summed E-state index contributed by atoms with van der Waals surface area (Å²) in [5, 5.41) is 3.04. The standard InChI is InChI=1S/C34H36N2O6/c1-39-28-17-14-26(15-18-28)23-36(32(37)24-42-29-12-8-5-9-13-29)33(27-10-6-4-7-11-27)34(38)35-21-20-25-16-19-30(40-2)31(22-25)41-3/h4-19,22,33H,20-21,23-24H2,1-3H3,(H,35,38). The van der Waals surface area contributed by atoms with E-state index in [0.717, 1.165) is 11.1 Å². The van der Waals surface area contributed by atoms with Crippen molar-refractivity contribution in [3.05, 3.63) is 120 Å². The zero-order valence-electron chi connectivity index (χ0n) is 24.1. The molecule has 4 rings (SSSR count). The summed E-state index contributed by atoms with van der Waals surface area (Å²) in [5.74, 6) is 1.93. The van der Waals surface area contributed by atoms with Gasteiger partial charge in [0.05, 0.1) is 21.3 Å². The van der Waals surface area contributed by atoms with Gasteiger partial charge in [0.25, 0.3) is 5.91 Å². The van der Waals surface area contributed by atoms with E-state index < -0.39 is 6.04 Å². The summed E-state index contributed by atoms with van der Waals surface area (Å²) in [7, 11) is 4.78. The van der Waals surface area contributed by atoms with E-state index in [1.165, 1.54) is 0 Å². The normalized spacial score (nSPS) is 11.2. The molecule has 0 spiro atoms. The van der Waals surface area contributed by atoms with Crippen LogP contribution < -0.4 is 24.3 Å². The first-order valence-corrected chi connectivity index (χ1v) is 13.7. The SMILES string of the molecule is COc1ccc(CN(C(=O)COc2ccccc2)C(C(=O)NCCc2ccc(OC)c(OC)c2)c2ccccc2)cc1. The molecule has 1 N–H and O–H groups in total. The highest BCUT2D eigenvalue weighted by molar-refractivity contribution is 5.89. The lowest BCUT2D eigenvalue weighted by molar-refractivity contribution is -0.143. The zero-order chi connectivity index (χ0) is 29.7. The highest BCUT2D eigenvalue weighted by Crippen LogP contribution is 2.28. The first kappa shape index (κ1) is 30.0. The first-order valence-electron chi connectivity index (χ1n) is 13.7. The summed E-state index contributed by atoms with van der Waals surface area (Å²) in [5.41, 5.74) is 2.53. The largest absolute Gasteiger partial charge is 0.497 e. The fourth-order valence-corrected chi connectivity index (χ4v) is 4.57. The maximum Gasteiger partial charge on any atom is 0.261 e. The highest BCUT2D eigenvalue weighted by atomic mass is 16.5. The Kier molecular flexibility index (Phi) is 10.8. The van der Waals surface area contributed by atoms with Crippen LogP contribution in [0.3, 0.4) is 0 Å². The van der Waals surface area contributed by atoms with Crippen molar-refractivity contribution in [2.75, 3.05) is 34.5 Å². The highest BCUT2D eigenvalue weighted by Gasteiger charge is 2.31. The maximum atomic E-state index is 13.9. The van der Waals surface area contributed by atoms with Crippen LogP contribution in [0.2, 0.25) is 0 Å². The summed E-state index contributed by atoms with van der Waals surface area (Å²) in [6.07, 6.45) is 0.567. The number of para-hydroxylation sites is 1. The van der Waals surface area contributed by atoms with Crippen LogP contribution in [0.4, 0.5) is 0 Å². The van der Waals surface area contributed by atoms with E-state index in [9.17, 15) is 9.59 Å². The average Bonchev–Trinajstić information content (AvgIpc) is 3.04. The molecule has 1 unspecified atom stereocenters. The van der Waals surface area contributed by atoms with Gasteiger partial charge in [-0.3, -0.25) is 9.59 Å². The van der Waals surface area contributed by atoms with Crippen molar-refractivity contribution in [1.29, 1.82) is 0 Å². The van der Waals surface area contributed by atoms with E-state index in [4.69, 9.17) is 18.9 Å². The molecule has 42 heavy (non-hydrogen) atoms. The Morgan fingerprint density at radius 2 is 1.36 bits per heavy atom. The van der Waals surface area contributed by atoms with Gasteiger partial charge in [0, 0.05) is 13.1 Å². The second-order valence-electron chi connectivity index (χ2n) is 9.52. The molecule has 0 aliphatic rings. The van der Waals surface area contributed by atoms with Gasteiger partial charge in [-0.1, -0.05) is 66.7 Å². The van der Waals surface area contributed by atoms with Crippen molar-refractivity contribution >= 4 is 11.8 Å². The molecular formula is C34H36N2O6. The third-order valence-corrected chi connectivity index (χ3v) is 6.77. The topological polar surface area (TPSA) is 86.3 Å². The number of methoxy groups -OCH3 is 3. The number of hydrogen-bond donors (Lipinski definition) is 1. The Labute approximate surface area is 246 Å². The third-order valence-electron chi connectivity index (χ3n) is 6.77. The Morgan fingerprint density at radius 3 is 2.00 bits per heavy atom. The molecule has 0 aromatic heterocycles. The molecule has 8 heteroatoms. The van der Waals surface area contributed by atoms with Crippen molar-refractivity contribution in [3.63, 3.8) is 0 Å². The molecule has 0 aliphatic heterocycles. The Hall–Kier alpha value is -4.98. The molecule has 2 amide bonds. The fourth-order valence-electron chi connectivity index (χ4n) is 4.57. The van der Waals surface area contributed by atoms with Gasteiger partial charge in [0.1, 0.15) is 17.5 Å². The van der Waals surface area contributed by atoms with Crippen LogP contribution >= 0.6 is 0 Å². The predicted octanol–water partition coefficient (Wildman–Crippen LogP) is 5.22. The van der Waals surface area contributed by atoms with Crippen LogP contribution in [-0.4, -0.2) is 51.2 Å². The number of hydrogen-bond acceptors (Lipinski definition) is 6. The molecule has 1 atom stereocenters. The lowest BCUT2D eigenvalue weighted by Crippen LogP contribution is -2.45. The van der Waals surface area contributed by atoms with Crippen molar-refractivity contribution in [2.24, 2.45) is 0 Å². The fraction of sp³-hybridized carbons (Fsp3) is 0.235. The molecule has 0 aliphatic carbocycles. The third kappa shape index (κ3) is 8.04. The Balaban J connectivity index is 1.57. The number of ether oxygens (including phenoxy) is 4. The van der Waals surface area contributed by atoms with Crippen molar-refractivity contribution in [1.82, 2.24) is 10.2 Å². The number of amides is 2. The molecule has 8 nitrogen and oxygen atoms in total. The van der Waals surface area contributed by atoms with Crippen LogP contribution in [-0.2, 0) is 22.6 Å². The minimum atomic E-state index is -0.884. The van der Waals surface area contributed by atoms with Crippen LogP contribution in [0.5, 0.6) is 23.0 Å². The molecule has 0 bridgehead atoms. The van der Waals surface area contributed by atoms with Gasteiger partial charge in [-0.25, -0.2) is 0 Å². The second kappa shape index (κ2) is 15.1. The zero-order valence-corrected chi connectivity index (χ0v) is 24.1. The molecule has 4 aromatic carbocycles. The van der Waals surface area contributed by atoms with E-state index in [2.05, 4.69) is 5.32 Å². The summed E-state index contributed by atoms with van der Waals surface area (Å²) in [4.78, 5) is 29.2. The molecule has 0 heterocycles. The van der Waals surface area contributed by atoms with E-state index in [1.807, 2.05) is 91.0 Å². The number of carbonyl (C=O) groups excluding carboxylic acids is 2. The molecule has 0 saturated heterocycles. The van der Waals surface area contributed by atoms with Crippen LogP contribution in [0, 0.1) is 0 Å². The number of nitrogens with zero attached hydrogens (tertiary/aromatic N) is 1. The van der Waals surface area contributed by atoms with E-state index in [1.54, 1.807) is 38.4 Å². The maximum absolute atomic E-state index is 13.9. The van der Waals surface area contributed by atoms with Crippen LogP contribution in [0.1, 0.15) is 22.7 Å². The van der Waals surface area contributed by atoms with Crippen LogP contribution in [0.25, 0.3) is 0 Å². The summed E-state index contributed by atoms with van der Waals surface area (Å²) >= 11 is 0. The molecule has 0 fully saturated rings. The van der Waals surface area contributed by atoms with Crippen molar-refractivity contribution in [2.45, 2.75) is 19.0 Å². The number of rotatable bonds is 14. The van der Waals surface area contributed by atoms with Gasteiger partial charge in [-0.05, 0) is 59.5 Å². The van der Waals surface area contributed by atoms with Gasteiger partial charge >= 0.3 is 0 Å². The molecular weight excluding hydrogens is 532 g/mol. The minimum absolute atomic E-state index is 0.198. The van der Waals surface area contributed by atoms with Crippen molar-refractivity contribution in [3.8, 4) is 23.0 Å². The minimum Gasteiger partial charge on any atom is -0.497 e. The summed E-state index contributed by atoms with van der Waals surface area (Å²) < 4.78 is 21.8. The predicted molar refractivity (Wildman–Crippen MR) is 161 cm³/mol. The van der Waals surface area contributed by atoms with E-state index in [0.29, 0.717) is 41.5 Å². The lowest BCUT2D eigenvalue weighted by Gasteiger charge is -2.31. The Bertz CT molecular complexity index is 1430. The average molecular weight is 569 g/mol. The van der Waals surface area contributed by atoms with E-state index in [-0.39, 0.29) is 25.0 Å². The first-order chi connectivity index (χ1) is 20.5.